The van der Waals surface area contributed by atoms with Crippen molar-refractivity contribution in [3.8, 4) is 5.75 Å². The van der Waals surface area contributed by atoms with Crippen LogP contribution in [-0.2, 0) is 14.5 Å². The molecule has 29 heavy (non-hydrogen) atoms. The number of aromatic hydroxyl groups is 1. The molecule has 1 aromatic rings. The molecule has 0 aromatic heterocycles. The minimum absolute atomic E-state index is 0.100. The van der Waals surface area contributed by atoms with Crippen LogP contribution in [0.3, 0.4) is 0 Å². The fraction of sp³-hybridized carbons (Fsp3) is 0.545. The molecule has 0 saturated carbocycles. The smallest absolute Gasteiger partial charge is 0.456 e. The van der Waals surface area contributed by atoms with Crippen LogP contribution in [0.5, 0.6) is 5.75 Å². The van der Waals surface area contributed by atoms with Gasteiger partial charge >= 0.3 is 7.12 Å². The van der Waals surface area contributed by atoms with E-state index in [9.17, 15) is 18.5 Å². The molecule has 0 amide bonds. The van der Waals surface area contributed by atoms with Crippen LogP contribution in [0.2, 0.25) is 6.32 Å². The van der Waals surface area contributed by atoms with Gasteiger partial charge in [-0.25, -0.2) is 8.42 Å². The summed E-state index contributed by atoms with van der Waals surface area (Å²) in [5.74, 6) is 0.350. The Morgan fingerprint density at radius 3 is 2.69 bits per heavy atom. The van der Waals surface area contributed by atoms with Crippen LogP contribution in [0.15, 0.2) is 41.0 Å². The summed E-state index contributed by atoms with van der Waals surface area (Å²) < 4.78 is 31.1. The Balaban J connectivity index is 1.83. The van der Waals surface area contributed by atoms with E-state index in [0.717, 1.165) is 48.8 Å². The first-order valence-electron chi connectivity index (χ1n) is 10.6. The van der Waals surface area contributed by atoms with Gasteiger partial charge in [0.25, 0.3) is 0 Å². The summed E-state index contributed by atoms with van der Waals surface area (Å²) in [6.45, 7) is 4.16. The normalized spacial score (nSPS) is 24.1. The second-order valence-corrected chi connectivity index (χ2v) is 10.3. The van der Waals surface area contributed by atoms with Gasteiger partial charge in [-0.05, 0) is 37.3 Å². The number of phenols is 1. The van der Waals surface area contributed by atoms with Crippen LogP contribution in [-0.4, -0.2) is 42.8 Å². The Kier molecular flexibility index (Phi) is 7.25. The molecule has 1 aromatic carbocycles. The van der Waals surface area contributed by atoms with E-state index in [2.05, 4.69) is 13.8 Å². The van der Waals surface area contributed by atoms with E-state index in [1.807, 2.05) is 18.2 Å². The van der Waals surface area contributed by atoms with Crippen molar-refractivity contribution in [1.29, 1.82) is 0 Å². The third kappa shape index (κ3) is 5.14. The van der Waals surface area contributed by atoms with Crippen LogP contribution in [0.1, 0.15) is 57.9 Å². The summed E-state index contributed by atoms with van der Waals surface area (Å²) >= 11 is 0. The SMILES string of the molecule is CCCC1=C2[C@@H](CC/C(=C/c3ccccc3O)CCC)OB(O)C[C@@H]2S(=O)(=O)C1. The summed E-state index contributed by atoms with van der Waals surface area (Å²) in [6.07, 6.45) is 6.67. The van der Waals surface area contributed by atoms with Crippen molar-refractivity contribution in [1.82, 2.24) is 0 Å². The van der Waals surface area contributed by atoms with Gasteiger partial charge in [-0.15, -0.1) is 0 Å². The zero-order valence-corrected chi connectivity index (χ0v) is 18.1. The predicted molar refractivity (Wildman–Crippen MR) is 117 cm³/mol. The highest BCUT2D eigenvalue weighted by Gasteiger charge is 2.48. The largest absolute Gasteiger partial charge is 0.507 e. The molecule has 0 radical (unpaired) electrons. The first-order valence-corrected chi connectivity index (χ1v) is 12.3. The van der Waals surface area contributed by atoms with E-state index in [1.165, 1.54) is 5.57 Å². The Morgan fingerprint density at radius 2 is 2.00 bits per heavy atom. The standard InChI is InChI=1S/C22H31BO5S/c1-3-7-16(13-17-9-5-6-10-19(17)24)11-12-20-22-18(8-4-2)15-29(26,27)21(22)14-23(25)28-20/h5-6,9-10,13,20-21,24-25H,3-4,7-8,11-12,14-15H2,1-2H3/b16-13+/t20-,21+/m1/s1. The summed E-state index contributed by atoms with van der Waals surface area (Å²) in [5, 5.41) is 19.6. The summed E-state index contributed by atoms with van der Waals surface area (Å²) in [6, 6.07) is 7.25. The number of hydrogen-bond donors (Lipinski definition) is 2. The molecule has 0 bridgehead atoms. The van der Waals surface area contributed by atoms with Gasteiger partial charge in [0.05, 0.1) is 17.1 Å². The molecule has 5 nitrogen and oxygen atoms in total. The van der Waals surface area contributed by atoms with E-state index in [1.54, 1.807) is 12.1 Å². The molecule has 7 heteroatoms. The molecule has 2 aliphatic heterocycles. The highest BCUT2D eigenvalue weighted by atomic mass is 32.2. The Hall–Kier alpha value is -1.57. The third-order valence-corrected chi connectivity index (χ3v) is 7.86. The Bertz CT molecular complexity index is 890. The van der Waals surface area contributed by atoms with Crippen molar-refractivity contribution in [2.75, 3.05) is 5.75 Å². The summed E-state index contributed by atoms with van der Waals surface area (Å²) in [7, 11) is -4.29. The molecule has 2 aliphatic rings. The van der Waals surface area contributed by atoms with Gasteiger partial charge in [-0.1, -0.05) is 62.1 Å². The molecule has 2 atom stereocenters. The lowest BCUT2D eigenvalue weighted by Gasteiger charge is -2.32. The van der Waals surface area contributed by atoms with Crippen molar-refractivity contribution < 1.29 is 23.2 Å². The molecule has 0 spiro atoms. The van der Waals surface area contributed by atoms with E-state index in [0.29, 0.717) is 6.42 Å². The average molecular weight is 418 g/mol. The van der Waals surface area contributed by atoms with Crippen LogP contribution in [0, 0.1) is 0 Å². The van der Waals surface area contributed by atoms with E-state index >= 15 is 0 Å². The van der Waals surface area contributed by atoms with Crippen LogP contribution in [0.4, 0.5) is 0 Å². The molecule has 2 N–H and O–H groups in total. The minimum atomic E-state index is -3.25. The molecule has 2 heterocycles. The second-order valence-electron chi connectivity index (χ2n) is 8.07. The zero-order chi connectivity index (χ0) is 21.0. The van der Waals surface area contributed by atoms with E-state index in [-0.39, 0.29) is 23.9 Å². The first kappa shape index (κ1) is 22.1. The summed E-state index contributed by atoms with van der Waals surface area (Å²) in [4.78, 5) is 0. The molecule has 1 fully saturated rings. The fourth-order valence-electron chi connectivity index (χ4n) is 4.54. The van der Waals surface area contributed by atoms with Crippen molar-refractivity contribution in [3.63, 3.8) is 0 Å². The maximum atomic E-state index is 12.6. The first-order chi connectivity index (χ1) is 13.9. The van der Waals surface area contributed by atoms with Crippen molar-refractivity contribution >= 4 is 23.0 Å². The Morgan fingerprint density at radius 1 is 1.24 bits per heavy atom. The van der Waals surface area contributed by atoms with Crippen LogP contribution >= 0.6 is 0 Å². The highest BCUT2D eigenvalue weighted by Crippen LogP contribution is 2.41. The number of phenolic OH excluding ortho intramolecular Hbond substituents is 1. The lowest BCUT2D eigenvalue weighted by atomic mass is 9.74. The van der Waals surface area contributed by atoms with Crippen molar-refractivity contribution in [2.45, 2.75) is 70.0 Å². The number of sulfone groups is 1. The molecule has 0 aliphatic carbocycles. The van der Waals surface area contributed by atoms with Crippen molar-refractivity contribution in [3.05, 3.63) is 46.5 Å². The number of hydrogen-bond acceptors (Lipinski definition) is 5. The topological polar surface area (TPSA) is 83.8 Å². The van der Waals surface area contributed by atoms with Gasteiger partial charge in [0, 0.05) is 11.9 Å². The minimum Gasteiger partial charge on any atom is -0.507 e. The predicted octanol–water partition coefficient (Wildman–Crippen LogP) is 4.13. The molecule has 158 valence electrons. The number of rotatable bonds is 8. The van der Waals surface area contributed by atoms with Crippen LogP contribution in [0.25, 0.3) is 6.08 Å². The number of para-hydroxylation sites is 1. The highest BCUT2D eigenvalue weighted by molar-refractivity contribution is 7.92. The maximum Gasteiger partial charge on any atom is 0.456 e. The lowest BCUT2D eigenvalue weighted by molar-refractivity contribution is 0.169. The Labute approximate surface area is 174 Å². The van der Waals surface area contributed by atoms with Gasteiger partial charge in [-0.3, -0.25) is 0 Å². The number of allylic oxidation sites excluding steroid dienone is 1. The second kappa shape index (κ2) is 9.50. The van der Waals surface area contributed by atoms with Gasteiger partial charge in [-0.2, -0.15) is 0 Å². The summed E-state index contributed by atoms with van der Waals surface area (Å²) in [5.41, 5.74) is 3.85. The van der Waals surface area contributed by atoms with Crippen LogP contribution < -0.4 is 0 Å². The van der Waals surface area contributed by atoms with E-state index < -0.39 is 22.2 Å². The quantitative estimate of drug-likeness (QED) is 0.490. The lowest BCUT2D eigenvalue weighted by Crippen LogP contribution is -2.41. The zero-order valence-electron chi connectivity index (χ0n) is 17.3. The maximum absolute atomic E-state index is 12.6. The van der Waals surface area contributed by atoms with Gasteiger partial charge in [0.2, 0.25) is 0 Å². The number of benzene rings is 1. The molecule has 3 rings (SSSR count). The van der Waals surface area contributed by atoms with Crippen molar-refractivity contribution in [2.24, 2.45) is 0 Å². The molecule has 0 unspecified atom stereocenters. The van der Waals surface area contributed by atoms with Gasteiger partial charge < -0.3 is 14.8 Å². The van der Waals surface area contributed by atoms with Gasteiger partial charge in [0.1, 0.15) is 5.75 Å². The molecular weight excluding hydrogens is 387 g/mol. The third-order valence-electron chi connectivity index (χ3n) is 5.79. The number of fused-ring (bicyclic) bond motifs is 1. The average Bonchev–Trinajstić information content (AvgIpc) is 2.92. The molecular formula is C22H31BO5S. The van der Waals surface area contributed by atoms with E-state index in [4.69, 9.17) is 4.65 Å². The molecule has 1 saturated heterocycles. The monoisotopic (exact) mass is 418 g/mol. The fourth-order valence-corrected chi connectivity index (χ4v) is 6.70. The van der Waals surface area contributed by atoms with Gasteiger partial charge in [0.15, 0.2) is 9.84 Å².